The molecule has 0 fully saturated rings. The standard InChI is InChI=1S/C30H28N4O4/c1-5-20(26-16-33-27-13-18(15-31)7-10-23(26)27)21-11-8-19(28(35)34(4)30(38)32-3)14-24(21)22-9-6-17(2)12-25(22)29(36)37/h6-14,16,20,33H,5H2,1-4H3,(H,32,38)(H,36,37). The molecule has 0 saturated heterocycles. The number of carboxylic acids is 1. The summed E-state index contributed by atoms with van der Waals surface area (Å²) in [4.78, 5) is 41.7. The Morgan fingerprint density at radius 1 is 1.05 bits per heavy atom. The lowest BCUT2D eigenvalue weighted by atomic mass is 9.82. The van der Waals surface area contributed by atoms with Crippen LogP contribution in [0.3, 0.4) is 0 Å². The van der Waals surface area contributed by atoms with E-state index in [1.165, 1.54) is 14.1 Å². The van der Waals surface area contributed by atoms with Crippen molar-refractivity contribution in [3.8, 4) is 17.2 Å². The SMILES string of the molecule is CCC(c1ccc(C(=O)N(C)C(=O)NC)cc1-c1ccc(C)cc1C(=O)O)c1c[nH]c2cc(C#N)ccc12. The number of amides is 3. The van der Waals surface area contributed by atoms with E-state index in [2.05, 4.69) is 16.4 Å². The maximum atomic E-state index is 13.1. The van der Waals surface area contributed by atoms with Gasteiger partial charge in [0.1, 0.15) is 0 Å². The van der Waals surface area contributed by atoms with Crippen molar-refractivity contribution in [3.63, 3.8) is 0 Å². The molecule has 4 rings (SSSR count). The van der Waals surface area contributed by atoms with Gasteiger partial charge in [-0.15, -0.1) is 0 Å². The molecule has 1 atom stereocenters. The van der Waals surface area contributed by atoms with Crippen molar-refractivity contribution in [1.29, 1.82) is 5.26 Å². The number of aryl methyl sites for hydroxylation is 1. The van der Waals surface area contributed by atoms with Gasteiger partial charge in [-0.25, -0.2) is 9.59 Å². The fraction of sp³-hybridized carbons (Fsp3) is 0.200. The summed E-state index contributed by atoms with van der Waals surface area (Å²) in [5.74, 6) is -1.72. The van der Waals surface area contributed by atoms with Gasteiger partial charge < -0.3 is 15.4 Å². The maximum Gasteiger partial charge on any atom is 0.336 e. The highest BCUT2D eigenvalue weighted by molar-refractivity contribution is 6.05. The molecular weight excluding hydrogens is 480 g/mol. The Bertz CT molecular complexity index is 1610. The van der Waals surface area contributed by atoms with Gasteiger partial charge in [-0.3, -0.25) is 9.69 Å². The Kier molecular flexibility index (Phi) is 7.31. The number of carbonyl (C=O) groups is 3. The zero-order valence-electron chi connectivity index (χ0n) is 21.6. The number of rotatable bonds is 6. The van der Waals surface area contributed by atoms with Crippen molar-refractivity contribution in [3.05, 3.63) is 94.2 Å². The molecule has 192 valence electrons. The average Bonchev–Trinajstić information content (AvgIpc) is 3.35. The molecule has 8 nitrogen and oxygen atoms in total. The van der Waals surface area contributed by atoms with E-state index in [4.69, 9.17) is 0 Å². The Morgan fingerprint density at radius 3 is 2.47 bits per heavy atom. The molecule has 0 radical (unpaired) electrons. The van der Waals surface area contributed by atoms with Gasteiger partial charge in [0.15, 0.2) is 0 Å². The molecule has 0 aliphatic carbocycles. The number of fused-ring (bicyclic) bond motifs is 1. The van der Waals surface area contributed by atoms with Gasteiger partial charge in [-0.1, -0.05) is 36.8 Å². The number of hydrogen-bond donors (Lipinski definition) is 3. The number of nitriles is 1. The average molecular weight is 509 g/mol. The first kappa shape index (κ1) is 26.2. The third-order valence-electron chi connectivity index (χ3n) is 6.82. The lowest BCUT2D eigenvalue weighted by molar-refractivity contribution is 0.0697. The van der Waals surface area contributed by atoms with Crippen molar-refractivity contribution >= 4 is 28.8 Å². The molecule has 38 heavy (non-hydrogen) atoms. The summed E-state index contributed by atoms with van der Waals surface area (Å²) in [6.45, 7) is 3.87. The molecule has 1 heterocycles. The lowest BCUT2D eigenvalue weighted by Gasteiger charge is -2.22. The fourth-order valence-electron chi connectivity index (χ4n) is 4.86. The number of aromatic carboxylic acids is 1. The van der Waals surface area contributed by atoms with Gasteiger partial charge in [0.25, 0.3) is 5.91 Å². The molecule has 0 aliphatic rings. The lowest BCUT2D eigenvalue weighted by Crippen LogP contribution is -2.39. The van der Waals surface area contributed by atoms with E-state index < -0.39 is 17.9 Å². The normalized spacial score (nSPS) is 11.6. The van der Waals surface area contributed by atoms with Gasteiger partial charge >= 0.3 is 12.0 Å². The van der Waals surface area contributed by atoms with Crippen LogP contribution < -0.4 is 5.32 Å². The molecule has 3 N–H and O–H groups in total. The summed E-state index contributed by atoms with van der Waals surface area (Å²) in [5.41, 5.74) is 5.52. The molecule has 1 unspecified atom stereocenters. The van der Waals surface area contributed by atoms with Gasteiger partial charge in [-0.05, 0) is 65.9 Å². The van der Waals surface area contributed by atoms with Crippen molar-refractivity contribution in [2.45, 2.75) is 26.2 Å². The van der Waals surface area contributed by atoms with Gasteiger partial charge in [-0.2, -0.15) is 5.26 Å². The second-order valence-electron chi connectivity index (χ2n) is 9.15. The first-order valence-corrected chi connectivity index (χ1v) is 12.2. The monoisotopic (exact) mass is 508 g/mol. The van der Waals surface area contributed by atoms with E-state index in [-0.39, 0.29) is 17.0 Å². The van der Waals surface area contributed by atoms with Crippen molar-refractivity contribution in [2.24, 2.45) is 0 Å². The van der Waals surface area contributed by atoms with E-state index in [9.17, 15) is 24.8 Å². The Labute approximate surface area is 220 Å². The van der Waals surface area contributed by atoms with Gasteiger partial charge in [0.2, 0.25) is 0 Å². The van der Waals surface area contributed by atoms with E-state index in [1.807, 2.05) is 38.2 Å². The van der Waals surface area contributed by atoms with Crippen LogP contribution >= 0.6 is 0 Å². The van der Waals surface area contributed by atoms with Crippen LogP contribution in [-0.4, -0.2) is 47.0 Å². The van der Waals surface area contributed by atoms with Gasteiger partial charge in [0.05, 0.1) is 17.2 Å². The number of carboxylic acid groups (broad SMARTS) is 1. The number of carbonyl (C=O) groups excluding carboxylic acids is 2. The highest BCUT2D eigenvalue weighted by Crippen LogP contribution is 2.40. The number of imide groups is 1. The zero-order valence-corrected chi connectivity index (χ0v) is 21.6. The summed E-state index contributed by atoms with van der Waals surface area (Å²) < 4.78 is 0. The number of nitrogens with one attached hydrogen (secondary N) is 2. The minimum absolute atomic E-state index is 0.128. The Balaban J connectivity index is 1.96. The molecular formula is C30H28N4O4. The van der Waals surface area contributed by atoms with E-state index >= 15 is 0 Å². The number of nitrogens with zero attached hydrogens (tertiary/aromatic N) is 2. The molecule has 0 bridgehead atoms. The number of H-pyrrole nitrogens is 1. The van der Waals surface area contributed by atoms with Crippen LogP contribution in [0.1, 0.15) is 62.2 Å². The summed E-state index contributed by atoms with van der Waals surface area (Å²) in [7, 11) is 2.83. The Hall–Kier alpha value is -4.90. The third kappa shape index (κ3) is 4.74. The predicted molar refractivity (Wildman–Crippen MR) is 145 cm³/mol. The topological polar surface area (TPSA) is 126 Å². The minimum Gasteiger partial charge on any atom is -0.478 e. The van der Waals surface area contributed by atoms with Crippen molar-refractivity contribution < 1.29 is 19.5 Å². The number of aromatic amines is 1. The first-order valence-electron chi connectivity index (χ1n) is 12.2. The number of hydrogen-bond acceptors (Lipinski definition) is 4. The molecule has 8 heteroatoms. The number of benzene rings is 3. The smallest absolute Gasteiger partial charge is 0.336 e. The second-order valence-corrected chi connectivity index (χ2v) is 9.15. The molecule has 3 amide bonds. The fourth-order valence-corrected chi connectivity index (χ4v) is 4.86. The number of aromatic nitrogens is 1. The van der Waals surface area contributed by atoms with Crippen LogP contribution in [0.5, 0.6) is 0 Å². The second kappa shape index (κ2) is 10.6. The summed E-state index contributed by atoms with van der Waals surface area (Å²) in [6.07, 6.45) is 2.61. The van der Waals surface area contributed by atoms with E-state index in [0.717, 1.165) is 32.5 Å². The van der Waals surface area contributed by atoms with E-state index in [0.29, 0.717) is 23.1 Å². The summed E-state index contributed by atoms with van der Waals surface area (Å²) in [6, 6.07) is 17.5. The molecule has 0 spiro atoms. The summed E-state index contributed by atoms with van der Waals surface area (Å²) >= 11 is 0. The molecule has 1 aromatic heterocycles. The highest BCUT2D eigenvalue weighted by Gasteiger charge is 2.25. The van der Waals surface area contributed by atoms with Crippen molar-refractivity contribution in [1.82, 2.24) is 15.2 Å². The predicted octanol–water partition coefficient (Wildman–Crippen LogP) is 5.67. The first-order chi connectivity index (χ1) is 18.2. The molecule has 4 aromatic rings. The maximum absolute atomic E-state index is 13.1. The molecule has 0 saturated carbocycles. The summed E-state index contributed by atoms with van der Waals surface area (Å²) in [5, 5.41) is 22.7. The largest absolute Gasteiger partial charge is 0.478 e. The zero-order chi connectivity index (χ0) is 27.6. The molecule has 0 aliphatic heterocycles. The number of urea groups is 1. The Morgan fingerprint density at radius 2 is 1.82 bits per heavy atom. The van der Waals surface area contributed by atoms with Crippen LogP contribution in [0.2, 0.25) is 0 Å². The van der Waals surface area contributed by atoms with Gasteiger partial charge in [0, 0.05) is 42.7 Å². The van der Waals surface area contributed by atoms with Crippen LogP contribution in [-0.2, 0) is 0 Å². The van der Waals surface area contributed by atoms with Crippen LogP contribution in [0, 0.1) is 18.3 Å². The van der Waals surface area contributed by atoms with Crippen LogP contribution in [0.15, 0.2) is 60.8 Å². The third-order valence-corrected chi connectivity index (χ3v) is 6.82. The molecule has 3 aromatic carbocycles. The quantitative estimate of drug-likeness (QED) is 0.309. The highest BCUT2D eigenvalue weighted by atomic mass is 16.4. The van der Waals surface area contributed by atoms with Crippen LogP contribution in [0.4, 0.5) is 4.79 Å². The minimum atomic E-state index is -1.07. The van der Waals surface area contributed by atoms with Crippen molar-refractivity contribution in [2.75, 3.05) is 14.1 Å². The van der Waals surface area contributed by atoms with E-state index in [1.54, 1.807) is 36.4 Å². The van der Waals surface area contributed by atoms with Crippen LogP contribution in [0.25, 0.3) is 22.0 Å².